The van der Waals surface area contributed by atoms with E-state index in [-0.39, 0.29) is 18.1 Å². The van der Waals surface area contributed by atoms with Gasteiger partial charge in [0.15, 0.2) is 11.5 Å². The van der Waals surface area contributed by atoms with Gasteiger partial charge in [-0.2, -0.15) is 4.52 Å². The average Bonchev–Trinajstić information content (AvgIpc) is 3.45. The summed E-state index contributed by atoms with van der Waals surface area (Å²) < 4.78 is 8.36. The van der Waals surface area contributed by atoms with Crippen molar-refractivity contribution in [1.29, 1.82) is 0 Å². The Morgan fingerprint density at radius 2 is 1.88 bits per heavy atom. The number of aryl methyl sites for hydroxylation is 2. The molecule has 9 heteroatoms. The normalized spacial score (nSPS) is 16.6. The maximum absolute atomic E-state index is 13.6. The van der Waals surface area contributed by atoms with Crippen molar-refractivity contribution in [3.63, 3.8) is 0 Å². The molecule has 164 valence electrons. The summed E-state index contributed by atoms with van der Waals surface area (Å²) in [5.74, 6) is 0.461. The van der Waals surface area contributed by atoms with Gasteiger partial charge in [-0.15, -0.1) is 16.4 Å². The maximum atomic E-state index is 13.6. The van der Waals surface area contributed by atoms with E-state index < -0.39 is 0 Å². The maximum Gasteiger partial charge on any atom is 0.352 e. The molecule has 6 rings (SSSR count). The predicted molar refractivity (Wildman–Crippen MR) is 122 cm³/mol. The van der Waals surface area contributed by atoms with Crippen molar-refractivity contribution in [1.82, 2.24) is 24.1 Å². The molecule has 8 nitrogen and oxygen atoms in total. The van der Waals surface area contributed by atoms with Crippen LogP contribution in [-0.4, -0.2) is 56.3 Å². The summed E-state index contributed by atoms with van der Waals surface area (Å²) in [4.78, 5) is 35.3. The molecule has 3 aromatic heterocycles. The van der Waals surface area contributed by atoms with Crippen molar-refractivity contribution in [3.8, 4) is 11.4 Å². The Labute approximate surface area is 188 Å². The second-order valence-electron chi connectivity index (χ2n) is 8.29. The molecule has 0 N–H and O–H groups in total. The van der Waals surface area contributed by atoms with E-state index in [1.54, 1.807) is 20.8 Å². The van der Waals surface area contributed by atoms with E-state index in [1.165, 1.54) is 15.0 Å². The predicted octanol–water partition coefficient (Wildman–Crippen LogP) is 2.51. The van der Waals surface area contributed by atoms with Crippen LogP contribution in [0.1, 0.15) is 23.3 Å². The van der Waals surface area contributed by atoms with Gasteiger partial charge in [0.25, 0.3) is 0 Å². The van der Waals surface area contributed by atoms with Gasteiger partial charge in [0.05, 0.1) is 18.6 Å². The van der Waals surface area contributed by atoms with Crippen molar-refractivity contribution in [2.45, 2.75) is 32.2 Å². The van der Waals surface area contributed by atoms with Gasteiger partial charge in [0, 0.05) is 23.5 Å². The highest BCUT2D eigenvalue weighted by molar-refractivity contribution is 7.19. The average molecular weight is 450 g/mol. The monoisotopic (exact) mass is 449 g/mol. The molecule has 4 heterocycles. The van der Waals surface area contributed by atoms with E-state index in [2.05, 4.69) is 5.10 Å². The zero-order valence-corrected chi connectivity index (χ0v) is 18.4. The summed E-state index contributed by atoms with van der Waals surface area (Å²) in [6.45, 7) is 2.19. The molecule has 0 unspecified atom stereocenters. The molecular weight excluding hydrogens is 426 g/mol. The number of nitrogens with zero attached hydrogens (tertiary/aromatic N) is 5. The van der Waals surface area contributed by atoms with Crippen LogP contribution in [0.25, 0.3) is 27.3 Å². The third-order valence-electron chi connectivity index (χ3n) is 6.33. The highest BCUT2D eigenvalue weighted by Gasteiger charge is 2.26. The highest BCUT2D eigenvalue weighted by Crippen LogP contribution is 2.38. The Morgan fingerprint density at radius 3 is 2.69 bits per heavy atom. The van der Waals surface area contributed by atoms with Crippen molar-refractivity contribution >= 4 is 33.1 Å². The number of carbonyl (C=O) groups is 1. The number of morpholine rings is 1. The molecule has 2 aliphatic rings. The first kappa shape index (κ1) is 19.6. The van der Waals surface area contributed by atoms with Crippen LogP contribution in [-0.2, 0) is 28.9 Å². The fourth-order valence-electron chi connectivity index (χ4n) is 4.68. The number of aromatic nitrogens is 4. The summed E-state index contributed by atoms with van der Waals surface area (Å²) in [6, 6.07) is 9.69. The van der Waals surface area contributed by atoms with Gasteiger partial charge in [0.1, 0.15) is 11.4 Å². The molecule has 0 radical (unpaired) electrons. The van der Waals surface area contributed by atoms with Crippen LogP contribution in [0.3, 0.4) is 0 Å². The van der Waals surface area contributed by atoms with E-state index in [1.807, 2.05) is 30.3 Å². The molecule has 0 spiro atoms. The first-order valence-corrected chi connectivity index (χ1v) is 11.9. The molecule has 1 saturated heterocycles. The second kappa shape index (κ2) is 7.83. The van der Waals surface area contributed by atoms with E-state index >= 15 is 0 Å². The lowest BCUT2D eigenvalue weighted by atomic mass is 9.97. The Morgan fingerprint density at radius 1 is 1.09 bits per heavy atom. The van der Waals surface area contributed by atoms with Gasteiger partial charge in [-0.05, 0) is 31.2 Å². The molecule has 0 saturated carbocycles. The highest BCUT2D eigenvalue weighted by atomic mass is 32.1. The van der Waals surface area contributed by atoms with Crippen molar-refractivity contribution < 1.29 is 9.53 Å². The molecule has 32 heavy (non-hydrogen) atoms. The smallest absolute Gasteiger partial charge is 0.352 e. The van der Waals surface area contributed by atoms with Crippen molar-refractivity contribution in [2.75, 3.05) is 26.3 Å². The number of ether oxygens (including phenoxy) is 1. The standard InChI is InChI=1S/C23H23N5O3S/c29-18(26-10-12-31-13-11-26)14-27-22-19(16-8-4-5-9-17(16)32-22)21-24-20(25-28(21)23(27)30)15-6-2-1-3-7-15/h1-3,6-7H,4-5,8-14H2. The summed E-state index contributed by atoms with van der Waals surface area (Å²) in [6.07, 6.45) is 4.24. The molecule has 1 aliphatic carbocycles. The van der Waals surface area contributed by atoms with E-state index in [9.17, 15) is 9.59 Å². The molecule has 1 fully saturated rings. The lowest BCUT2D eigenvalue weighted by Crippen LogP contribution is -2.44. The van der Waals surface area contributed by atoms with E-state index in [0.717, 1.165) is 41.5 Å². The van der Waals surface area contributed by atoms with Crippen molar-refractivity contribution in [3.05, 3.63) is 51.3 Å². The molecule has 4 aromatic rings. The van der Waals surface area contributed by atoms with Crippen LogP contribution in [0.5, 0.6) is 0 Å². The number of carbonyl (C=O) groups excluding carboxylic acids is 1. The zero-order chi connectivity index (χ0) is 21.7. The van der Waals surface area contributed by atoms with Gasteiger partial charge in [-0.1, -0.05) is 30.3 Å². The third kappa shape index (κ3) is 3.15. The van der Waals surface area contributed by atoms with Crippen LogP contribution in [0.15, 0.2) is 35.1 Å². The summed E-state index contributed by atoms with van der Waals surface area (Å²) in [5.41, 5.74) is 2.41. The Bertz CT molecular complexity index is 1380. The van der Waals surface area contributed by atoms with Crippen LogP contribution >= 0.6 is 11.3 Å². The van der Waals surface area contributed by atoms with Gasteiger partial charge in [0.2, 0.25) is 5.91 Å². The summed E-state index contributed by atoms with van der Waals surface area (Å²) >= 11 is 1.64. The first-order valence-electron chi connectivity index (χ1n) is 11.1. The number of hydrogen-bond acceptors (Lipinski definition) is 6. The largest absolute Gasteiger partial charge is 0.378 e. The quantitative estimate of drug-likeness (QED) is 0.480. The number of rotatable bonds is 3. The minimum atomic E-state index is -0.317. The van der Waals surface area contributed by atoms with Crippen LogP contribution in [0.2, 0.25) is 0 Å². The molecular formula is C23H23N5O3S. The number of benzene rings is 1. The minimum Gasteiger partial charge on any atom is -0.378 e. The molecule has 1 amide bonds. The first-order chi connectivity index (χ1) is 15.7. The van der Waals surface area contributed by atoms with Gasteiger partial charge in [-0.3, -0.25) is 9.36 Å². The molecule has 0 atom stereocenters. The number of fused-ring (bicyclic) bond motifs is 5. The molecule has 0 bridgehead atoms. The van der Waals surface area contributed by atoms with Crippen LogP contribution < -0.4 is 5.69 Å². The zero-order valence-electron chi connectivity index (χ0n) is 17.6. The van der Waals surface area contributed by atoms with E-state index in [4.69, 9.17) is 9.72 Å². The second-order valence-corrected chi connectivity index (χ2v) is 9.37. The summed E-state index contributed by atoms with van der Waals surface area (Å²) in [5, 5.41) is 5.55. The van der Waals surface area contributed by atoms with Crippen molar-refractivity contribution in [2.24, 2.45) is 0 Å². The molecule has 1 aliphatic heterocycles. The van der Waals surface area contributed by atoms with Gasteiger partial charge < -0.3 is 9.64 Å². The number of amides is 1. The molecule has 1 aromatic carbocycles. The van der Waals surface area contributed by atoms with Crippen LogP contribution in [0.4, 0.5) is 0 Å². The lowest BCUT2D eigenvalue weighted by molar-refractivity contribution is -0.135. The van der Waals surface area contributed by atoms with Gasteiger partial charge >= 0.3 is 5.69 Å². The number of hydrogen-bond donors (Lipinski definition) is 0. The minimum absolute atomic E-state index is 0.00516. The SMILES string of the molecule is O=C(Cn1c(=O)n2nc(-c3ccccc3)nc2c2c3c(sc21)CCCC3)N1CCOCC1. The van der Waals surface area contributed by atoms with Gasteiger partial charge in [-0.25, -0.2) is 9.78 Å². The Balaban J connectivity index is 1.56. The lowest BCUT2D eigenvalue weighted by Gasteiger charge is -2.27. The third-order valence-corrected chi connectivity index (χ3v) is 7.64. The Hall–Kier alpha value is -3.04. The Kier molecular flexibility index (Phi) is 4.80. The van der Waals surface area contributed by atoms with E-state index in [0.29, 0.717) is 37.8 Å². The topological polar surface area (TPSA) is 81.7 Å². The fraction of sp³-hybridized carbons (Fsp3) is 0.391. The summed E-state index contributed by atoms with van der Waals surface area (Å²) in [7, 11) is 0. The van der Waals surface area contributed by atoms with Crippen LogP contribution in [0, 0.1) is 0 Å². The fourth-order valence-corrected chi connectivity index (χ4v) is 6.05. The number of thiophene rings is 1.